The van der Waals surface area contributed by atoms with Crippen LogP contribution in [0.2, 0.25) is 5.02 Å². The van der Waals surface area contributed by atoms with Gasteiger partial charge in [0.25, 0.3) is 0 Å². The lowest BCUT2D eigenvalue weighted by atomic mass is 10.3. The average Bonchev–Trinajstić information content (AvgIpc) is 2.20. The molecule has 0 aromatic carbocycles. The SMILES string of the molecule is C#CCCOc1nccc(C(=O)O)c1Cl. The molecule has 15 heavy (non-hydrogen) atoms. The van der Waals surface area contributed by atoms with Crippen LogP contribution in [0.1, 0.15) is 16.8 Å². The number of nitrogens with zero attached hydrogens (tertiary/aromatic N) is 1. The first-order valence-electron chi connectivity index (χ1n) is 4.11. The maximum atomic E-state index is 10.7. The van der Waals surface area contributed by atoms with Crippen molar-refractivity contribution < 1.29 is 14.6 Å². The first-order valence-corrected chi connectivity index (χ1v) is 4.48. The Bertz CT molecular complexity index is 412. The van der Waals surface area contributed by atoms with Crippen LogP contribution in [0.5, 0.6) is 5.88 Å². The molecule has 0 aliphatic heterocycles. The molecule has 1 aromatic rings. The molecule has 0 saturated carbocycles. The molecule has 1 N–H and O–H groups in total. The number of ether oxygens (including phenoxy) is 1. The lowest BCUT2D eigenvalue weighted by Gasteiger charge is -2.06. The van der Waals surface area contributed by atoms with Gasteiger partial charge in [-0.1, -0.05) is 11.6 Å². The van der Waals surface area contributed by atoms with E-state index in [0.717, 1.165) is 0 Å². The second-order valence-electron chi connectivity index (χ2n) is 2.59. The number of carboxylic acids is 1. The van der Waals surface area contributed by atoms with Gasteiger partial charge in [0, 0.05) is 12.6 Å². The van der Waals surface area contributed by atoms with Crippen molar-refractivity contribution in [2.45, 2.75) is 6.42 Å². The number of halogens is 1. The summed E-state index contributed by atoms with van der Waals surface area (Å²) in [7, 11) is 0. The normalized spacial score (nSPS) is 9.33. The Labute approximate surface area is 91.8 Å². The minimum absolute atomic E-state index is 0.0120. The van der Waals surface area contributed by atoms with E-state index in [4.69, 9.17) is 27.9 Å². The number of carbonyl (C=O) groups is 1. The monoisotopic (exact) mass is 225 g/mol. The van der Waals surface area contributed by atoms with Gasteiger partial charge in [-0.25, -0.2) is 9.78 Å². The number of terminal acetylenes is 1. The van der Waals surface area contributed by atoms with E-state index >= 15 is 0 Å². The lowest BCUT2D eigenvalue weighted by Crippen LogP contribution is -2.03. The molecule has 0 bridgehead atoms. The molecule has 1 heterocycles. The van der Waals surface area contributed by atoms with Crippen molar-refractivity contribution in [3.05, 3.63) is 22.8 Å². The third-order valence-corrected chi connectivity index (χ3v) is 1.94. The highest BCUT2D eigenvalue weighted by Gasteiger charge is 2.13. The molecule has 0 amide bonds. The molecule has 0 atom stereocenters. The summed E-state index contributed by atoms with van der Waals surface area (Å²) in [4.78, 5) is 14.5. The van der Waals surface area contributed by atoms with Gasteiger partial charge in [0.05, 0.1) is 5.56 Å². The molecule has 0 aliphatic rings. The molecule has 0 saturated heterocycles. The van der Waals surface area contributed by atoms with E-state index in [0.29, 0.717) is 6.42 Å². The number of hydrogen-bond acceptors (Lipinski definition) is 3. The van der Waals surface area contributed by atoms with Crippen LogP contribution in [0.25, 0.3) is 0 Å². The van der Waals surface area contributed by atoms with Crippen molar-refractivity contribution in [2.75, 3.05) is 6.61 Å². The number of aromatic carboxylic acids is 1. The van der Waals surface area contributed by atoms with Crippen LogP contribution in [0.15, 0.2) is 12.3 Å². The van der Waals surface area contributed by atoms with Crippen LogP contribution >= 0.6 is 11.6 Å². The molecule has 1 aromatic heterocycles. The molecule has 4 nitrogen and oxygen atoms in total. The predicted molar refractivity (Wildman–Crippen MR) is 55.2 cm³/mol. The molecule has 0 unspecified atom stereocenters. The fourth-order valence-corrected chi connectivity index (χ4v) is 1.14. The van der Waals surface area contributed by atoms with Gasteiger partial charge in [0.2, 0.25) is 5.88 Å². The van der Waals surface area contributed by atoms with Gasteiger partial charge in [-0.3, -0.25) is 0 Å². The molecular weight excluding hydrogens is 218 g/mol. The summed E-state index contributed by atoms with van der Waals surface area (Å²) < 4.78 is 5.12. The highest BCUT2D eigenvalue weighted by Crippen LogP contribution is 2.25. The van der Waals surface area contributed by atoms with Gasteiger partial charge < -0.3 is 9.84 Å². The van der Waals surface area contributed by atoms with Gasteiger partial charge in [-0.15, -0.1) is 12.3 Å². The topological polar surface area (TPSA) is 59.4 Å². The van der Waals surface area contributed by atoms with E-state index in [9.17, 15) is 4.79 Å². The molecule has 0 radical (unpaired) electrons. The highest BCUT2D eigenvalue weighted by molar-refractivity contribution is 6.34. The lowest BCUT2D eigenvalue weighted by molar-refractivity contribution is 0.0696. The van der Waals surface area contributed by atoms with Crippen LogP contribution in [0, 0.1) is 12.3 Å². The van der Waals surface area contributed by atoms with E-state index < -0.39 is 5.97 Å². The summed E-state index contributed by atoms with van der Waals surface area (Å²) in [5.74, 6) is 1.35. The standard InChI is InChI=1S/C10H8ClNO3/c1-2-3-6-15-9-8(11)7(10(13)14)4-5-12-9/h1,4-5H,3,6H2,(H,13,14). The number of carboxylic acid groups (broad SMARTS) is 1. The Morgan fingerprint density at radius 3 is 3.07 bits per heavy atom. The highest BCUT2D eigenvalue weighted by atomic mass is 35.5. The van der Waals surface area contributed by atoms with Crippen molar-refractivity contribution >= 4 is 17.6 Å². The molecule has 0 aliphatic carbocycles. The second-order valence-corrected chi connectivity index (χ2v) is 2.96. The fourth-order valence-electron chi connectivity index (χ4n) is 0.897. The Balaban J connectivity index is 2.86. The quantitative estimate of drug-likeness (QED) is 0.628. The van der Waals surface area contributed by atoms with Crippen molar-refractivity contribution in [3.63, 3.8) is 0 Å². The van der Waals surface area contributed by atoms with Crippen LogP contribution in [-0.4, -0.2) is 22.7 Å². The summed E-state index contributed by atoms with van der Waals surface area (Å²) in [6, 6.07) is 1.30. The second kappa shape index (κ2) is 5.23. The fraction of sp³-hybridized carbons (Fsp3) is 0.200. The minimum atomic E-state index is -1.12. The van der Waals surface area contributed by atoms with Gasteiger partial charge in [-0.05, 0) is 6.07 Å². The maximum absolute atomic E-state index is 10.7. The zero-order chi connectivity index (χ0) is 11.3. The first-order chi connectivity index (χ1) is 7.16. The third kappa shape index (κ3) is 2.86. The number of hydrogen-bond donors (Lipinski definition) is 1. The van der Waals surface area contributed by atoms with Crippen molar-refractivity contribution in [1.82, 2.24) is 4.98 Å². The third-order valence-electron chi connectivity index (χ3n) is 1.57. The summed E-state index contributed by atoms with van der Waals surface area (Å²) in [6.07, 6.45) is 6.76. The smallest absolute Gasteiger partial charge is 0.337 e. The zero-order valence-corrected chi connectivity index (χ0v) is 8.49. The summed E-state index contributed by atoms with van der Waals surface area (Å²) in [5, 5.41) is 8.75. The summed E-state index contributed by atoms with van der Waals surface area (Å²) >= 11 is 5.76. The Hall–Kier alpha value is -1.73. The maximum Gasteiger partial charge on any atom is 0.337 e. The number of rotatable bonds is 4. The van der Waals surface area contributed by atoms with Gasteiger partial charge in [0.1, 0.15) is 11.6 Å². The van der Waals surface area contributed by atoms with E-state index in [1.807, 2.05) is 0 Å². The summed E-state index contributed by atoms with van der Waals surface area (Å²) in [6.45, 7) is 0.256. The van der Waals surface area contributed by atoms with Crippen LogP contribution < -0.4 is 4.74 Å². The molecular formula is C10H8ClNO3. The van der Waals surface area contributed by atoms with Crippen LogP contribution in [-0.2, 0) is 0 Å². The summed E-state index contributed by atoms with van der Waals surface area (Å²) in [5.41, 5.74) is -0.0395. The van der Waals surface area contributed by atoms with Crippen LogP contribution in [0.4, 0.5) is 0 Å². The molecule has 1 rings (SSSR count). The number of aromatic nitrogens is 1. The molecule has 5 heteroatoms. The largest absolute Gasteiger partial charge is 0.478 e. The molecule has 78 valence electrons. The van der Waals surface area contributed by atoms with Gasteiger partial charge in [-0.2, -0.15) is 0 Å². The van der Waals surface area contributed by atoms with E-state index in [1.54, 1.807) is 0 Å². The number of pyridine rings is 1. The van der Waals surface area contributed by atoms with E-state index in [1.165, 1.54) is 12.3 Å². The van der Waals surface area contributed by atoms with Crippen LogP contribution in [0.3, 0.4) is 0 Å². The Morgan fingerprint density at radius 1 is 1.73 bits per heavy atom. The molecule has 0 fully saturated rings. The molecule has 0 spiro atoms. The predicted octanol–water partition coefficient (Wildman–Crippen LogP) is 1.84. The average molecular weight is 226 g/mol. The Morgan fingerprint density at radius 2 is 2.47 bits per heavy atom. The van der Waals surface area contributed by atoms with Crippen molar-refractivity contribution in [3.8, 4) is 18.2 Å². The van der Waals surface area contributed by atoms with Crippen molar-refractivity contribution in [1.29, 1.82) is 0 Å². The zero-order valence-electron chi connectivity index (χ0n) is 7.74. The first kappa shape index (κ1) is 11.3. The van der Waals surface area contributed by atoms with E-state index in [-0.39, 0.29) is 23.1 Å². The minimum Gasteiger partial charge on any atom is -0.478 e. The van der Waals surface area contributed by atoms with Crippen molar-refractivity contribution in [2.24, 2.45) is 0 Å². The van der Waals surface area contributed by atoms with Gasteiger partial charge >= 0.3 is 5.97 Å². The van der Waals surface area contributed by atoms with E-state index in [2.05, 4.69) is 10.9 Å². The van der Waals surface area contributed by atoms with Gasteiger partial charge in [0.15, 0.2) is 0 Å². The Kier molecular flexibility index (Phi) is 3.95.